The summed E-state index contributed by atoms with van der Waals surface area (Å²) in [5.74, 6) is -1.51. The highest BCUT2D eigenvalue weighted by Crippen LogP contribution is 2.49. The number of rotatable bonds is 8. The first-order valence-corrected chi connectivity index (χ1v) is 14.8. The number of hydrogen-bond donors (Lipinski definition) is 1. The molecule has 3 aromatic rings. The van der Waals surface area contributed by atoms with Crippen molar-refractivity contribution in [1.29, 1.82) is 0 Å². The number of fused-ring (bicyclic) bond motifs is 1. The lowest BCUT2D eigenvalue weighted by Gasteiger charge is -2.47. The van der Waals surface area contributed by atoms with Crippen molar-refractivity contribution in [2.24, 2.45) is 0 Å². The Morgan fingerprint density at radius 2 is 1.71 bits per heavy atom. The summed E-state index contributed by atoms with van der Waals surface area (Å²) in [7, 11) is -3.57. The highest BCUT2D eigenvalue weighted by atomic mass is 32.2. The Morgan fingerprint density at radius 1 is 1.02 bits per heavy atom. The van der Waals surface area contributed by atoms with E-state index in [1.165, 1.54) is 29.2 Å². The second-order valence-electron chi connectivity index (χ2n) is 10.6. The van der Waals surface area contributed by atoms with Crippen LogP contribution in [0, 0.1) is 0 Å². The number of halogens is 7. The molecule has 0 amide bonds. The van der Waals surface area contributed by atoms with Crippen LogP contribution in [-0.2, 0) is 32.8 Å². The zero-order chi connectivity index (χ0) is 32.9. The smallest absolute Gasteiger partial charge is 0.416 e. The van der Waals surface area contributed by atoms with Crippen LogP contribution < -0.4 is 18.7 Å². The van der Waals surface area contributed by atoms with E-state index in [1.54, 1.807) is 0 Å². The van der Waals surface area contributed by atoms with Crippen molar-refractivity contribution < 1.29 is 58.5 Å². The van der Waals surface area contributed by atoms with Crippen LogP contribution in [0.5, 0.6) is 11.5 Å². The van der Waals surface area contributed by atoms with Gasteiger partial charge in [-0.05, 0) is 55.0 Å². The maximum atomic E-state index is 16.1. The van der Waals surface area contributed by atoms with Crippen molar-refractivity contribution in [1.82, 2.24) is 0 Å². The van der Waals surface area contributed by atoms with E-state index in [0.29, 0.717) is 12.1 Å². The lowest BCUT2D eigenvalue weighted by atomic mass is 9.83. The van der Waals surface area contributed by atoms with Gasteiger partial charge in [0.15, 0.2) is 5.67 Å². The summed E-state index contributed by atoms with van der Waals surface area (Å²) >= 11 is 0. The number of nitrogens with zero attached hydrogens (tertiary/aromatic N) is 2. The standard InChI is InChI=1S/C29H25F7N2O6S/c1-43-24-7-3-6-21(29(34,35)36)26(24)27(30)15-37(16-27)18-8-10-23-22(13-18)38(14-19(44-23)9-11-25(39)40)45(41,42)20-5-2-4-17(12-20)28(31,32)33/h2-8,10,12-13,19H,9,11,14-16H2,1H3,(H,39,40)/t19-/m1/s1. The van der Waals surface area contributed by atoms with E-state index < -0.39 is 81.3 Å². The van der Waals surface area contributed by atoms with Gasteiger partial charge >= 0.3 is 18.3 Å². The highest BCUT2D eigenvalue weighted by molar-refractivity contribution is 7.92. The molecular formula is C29H25F7N2O6S. The normalized spacial score (nSPS) is 18.1. The Balaban J connectivity index is 1.51. The van der Waals surface area contributed by atoms with Gasteiger partial charge in [0.25, 0.3) is 10.0 Å². The molecule has 0 radical (unpaired) electrons. The molecule has 0 aliphatic carbocycles. The molecule has 0 aromatic heterocycles. The number of methoxy groups -OCH3 is 1. The van der Waals surface area contributed by atoms with E-state index in [1.807, 2.05) is 0 Å². The van der Waals surface area contributed by atoms with E-state index in [2.05, 4.69) is 0 Å². The lowest BCUT2D eigenvalue weighted by molar-refractivity contribution is -0.140. The maximum Gasteiger partial charge on any atom is 0.416 e. The molecule has 1 atom stereocenters. The van der Waals surface area contributed by atoms with Gasteiger partial charge in [0.05, 0.1) is 48.5 Å². The predicted octanol–water partition coefficient (Wildman–Crippen LogP) is 6.24. The number of benzene rings is 3. The average Bonchev–Trinajstić information content (AvgIpc) is 2.96. The van der Waals surface area contributed by atoms with Crippen LogP contribution in [-0.4, -0.2) is 52.3 Å². The average molecular weight is 663 g/mol. The number of carboxylic acid groups (broad SMARTS) is 1. The molecule has 3 aromatic carbocycles. The third kappa shape index (κ3) is 6.19. The van der Waals surface area contributed by atoms with Crippen LogP contribution in [0.25, 0.3) is 0 Å². The number of carboxylic acids is 1. The van der Waals surface area contributed by atoms with Gasteiger partial charge in [0, 0.05) is 17.7 Å². The van der Waals surface area contributed by atoms with Crippen LogP contribution in [0.2, 0.25) is 0 Å². The molecule has 16 heteroatoms. The number of carbonyl (C=O) groups is 1. The fourth-order valence-corrected chi connectivity index (χ4v) is 6.96. The largest absolute Gasteiger partial charge is 0.496 e. The molecular weight excluding hydrogens is 637 g/mol. The number of ether oxygens (including phenoxy) is 2. The summed E-state index contributed by atoms with van der Waals surface area (Å²) in [4.78, 5) is 11.8. The Hall–Kier alpha value is -4.21. The van der Waals surface area contributed by atoms with Crippen molar-refractivity contribution >= 4 is 27.4 Å². The van der Waals surface area contributed by atoms with Gasteiger partial charge in [-0.1, -0.05) is 12.1 Å². The molecule has 0 bridgehead atoms. The Morgan fingerprint density at radius 3 is 2.33 bits per heavy atom. The van der Waals surface area contributed by atoms with E-state index in [-0.39, 0.29) is 35.7 Å². The molecule has 2 heterocycles. The van der Waals surface area contributed by atoms with Crippen molar-refractivity contribution in [2.45, 2.75) is 41.9 Å². The second kappa shape index (κ2) is 11.3. The third-order valence-electron chi connectivity index (χ3n) is 7.55. The van der Waals surface area contributed by atoms with Crippen molar-refractivity contribution in [3.05, 3.63) is 77.4 Å². The quantitative estimate of drug-likeness (QED) is 0.286. The van der Waals surface area contributed by atoms with Gasteiger partial charge in [-0.3, -0.25) is 9.10 Å². The van der Waals surface area contributed by atoms with Gasteiger partial charge in [-0.25, -0.2) is 12.8 Å². The SMILES string of the molecule is COc1cccc(C(F)(F)F)c1C1(F)CN(c2ccc3c(c2)N(S(=O)(=O)c2cccc(C(F)(F)F)c2)C[C@@H](CCC(=O)O)O3)C1. The van der Waals surface area contributed by atoms with Crippen LogP contribution in [0.3, 0.4) is 0 Å². The molecule has 0 spiro atoms. The van der Waals surface area contributed by atoms with Gasteiger partial charge in [0.2, 0.25) is 0 Å². The minimum atomic E-state index is -4.87. The second-order valence-corrected chi connectivity index (χ2v) is 12.5. The number of anilines is 2. The number of sulfonamides is 1. The van der Waals surface area contributed by atoms with Gasteiger partial charge in [-0.15, -0.1) is 0 Å². The maximum absolute atomic E-state index is 16.1. The Labute approximate surface area is 252 Å². The highest BCUT2D eigenvalue weighted by Gasteiger charge is 2.52. The van der Waals surface area contributed by atoms with Crippen molar-refractivity contribution in [3.8, 4) is 11.5 Å². The van der Waals surface area contributed by atoms with Gasteiger partial charge in [0.1, 0.15) is 17.6 Å². The summed E-state index contributed by atoms with van der Waals surface area (Å²) in [6, 6.07) is 10.2. The van der Waals surface area contributed by atoms with Crippen LogP contribution >= 0.6 is 0 Å². The molecule has 8 nitrogen and oxygen atoms in total. The Bertz CT molecular complexity index is 1720. The van der Waals surface area contributed by atoms with E-state index >= 15 is 4.39 Å². The number of alkyl halides is 7. The molecule has 45 heavy (non-hydrogen) atoms. The molecule has 2 aliphatic heterocycles. The van der Waals surface area contributed by atoms with Crippen LogP contribution in [0.1, 0.15) is 29.5 Å². The summed E-state index contributed by atoms with van der Waals surface area (Å²) in [5, 5.41) is 9.10. The summed E-state index contributed by atoms with van der Waals surface area (Å²) in [6.45, 7) is -1.57. The summed E-state index contributed by atoms with van der Waals surface area (Å²) < 4.78 is 137. The van der Waals surface area contributed by atoms with Crippen molar-refractivity contribution in [2.75, 3.05) is 35.9 Å². The molecule has 1 fully saturated rings. The van der Waals surface area contributed by atoms with Gasteiger partial charge < -0.3 is 19.5 Å². The van der Waals surface area contributed by atoms with Crippen LogP contribution in [0.4, 0.5) is 42.1 Å². The number of hydrogen-bond acceptors (Lipinski definition) is 6. The first kappa shape index (κ1) is 32.2. The third-order valence-corrected chi connectivity index (χ3v) is 9.33. The molecule has 1 N–H and O–H groups in total. The Kier molecular flexibility index (Phi) is 8.08. The molecule has 0 saturated carbocycles. The fraction of sp³-hybridized carbons (Fsp3) is 0.345. The fourth-order valence-electron chi connectivity index (χ4n) is 5.42. The monoisotopic (exact) mass is 662 g/mol. The minimum absolute atomic E-state index is 0.0351. The summed E-state index contributed by atoms with van der Waals surface area (Å²) in [6.07, 6.45) is -11.2. The zero-order valence-corrected chi connectivity index (χ0v) is 24.1. The van der Waals surface area contributed by atoms with E-state index in [0.717, 1.165) is 35.7 Å². The number of aliphatic carboxylic acids is 1. The predicted molar refractivity (Wildman–Crippen MR) is 147 cm³/mol. The molecule has 1 saturated heterocycles. The van der Waals surface area contributed by atoms with Crippen molar-refractivity contribution in [3.63, 3.8) is 0 Å². The van der Waals surface area contributed by atoms with Gasteiger partial charge in [-0.2, -0.15) is 26.3 Å². The van der Waals surface area contributed by atoms with E-state index in [9.17, 15) is 39.6 Å². The lowest BCUT2D eigenvalue weighted by Crippen LogP contribution is -2.57. The zero-order valence-electron chi connectivity index (χ0n) is 23.3. The first-order valence-electron chi connectivity index (χ1n) is 13.3. The minimum Gasteiger partial charge on any atom is -0.496 e. The molecule has 242 valence electrons. The topological polar surface area (TPSA) is 96.4 Å². The summed E-state index contributed by atoms with van der Waals surface area (Å²) in [5.41, 5.74) is -5.50. The van der Waals surface area contributed by atoms with E-state index in [4.69, 9.17) is 14.6 Å². The molecule has 2 aliphatic rings. The van der Waals surface area contributed by atoms with Crippen LogP contribution in [0.15, 0.2) is 65.6 Å². The molecule has 0 unspecified atom stereocenters. The molecule has 5 rings (SSSR count). The first-order chi connectivity index (χ1) is 20.9.